The van der Waals surface area contributed by atoms with Crippen LogP contribution in [0, 0.1) is 6.92 Å². The number of nitrogen functional groups attached to an aromatic ring is 1. The molecule has 1 aromatic rings. The molecule has 17 heavy (non-hydrogen) atoms. The molecule has 0 aliphatic heterocycles. The molecule has 1 heterocycles. The second-order valence-electron chi connectivity index (χ2n) is 3.69. The first kappa shape index (κ1) is 13.3. The van der Waals surface area contributed by atoms with Crippen molar-refractivity contribution in [2.24, 2.45) is 0 Å². The van der Waals surface area contributed by atoms with E-state index in [1.165, 1.54) is 12.3 Å². The molecule has 0 radical (unpaired) electrons. The molecule has 1 aromatic heterocycles. The molecule has 4 nitrogen and oxygen atoms in total. The van der Waals surface area contributed by atoms with Crippen LogP contribution in [0.4, 0.5) is 18.9 Å². The average molecular weight is 247 g/mol. The van der Waals surface area contributed by atoms with E-state index in [0.29, 0.717) is 10.6 Å². The molecule has 0 fully saturated rings. The fourth-order valence-corrected chi connectivity index (χ4v) is 1.31. The van der Waals surface area contributed by atoms with Crippen LogP contribution >= 0.6 is 0 Å². The van der Waals surface area contributed by atoms with Gasteiger partial charge >= 0.3 is 6.18 Å². The number of aromatic nitrogens is 1. The lowest BCUT2D eigenvalue weighted by molar-refractivity contribution is -0.138. The Hall–Kier alpha value is -1.79. The van der Waals surface area contributed by atoms with Gasteiger partial charge in [-0.15, -0.1) is 0 Å². The summed E-state index contributed by atoms with van der Waals surface area (Å²) in [6.45, 7) is 0.350. The van der Waals surface area contributed by atoms with E-state index in [2.05, 4.69) is 4.98 Å². The zero-order chi connectivity index (χ0) is 13.2. The monoisotopic (exact) mass is 247 g/mol. The summed E-state index contributed by atoms with van der Waals surface area (Å²) in [5.41, 5.74) is 6.25. The van der Waals surface area contributed by atoms with Crippen molar-refractivity contribution < 1.29 is 18.0 Å². The fraction of sp³-hybridized carbons (Fsp3) is 0.400. The molecular formula is C10H12F3N3O. The number of carbonyl (C=O) groups excluding carboxylic acids is 1. The predicted octanol–water partition coefficient (Wildman–Crippen LogP) is 1.61. The first-order chi connectivity index (χ1) is 7.70. The van der Waals surface area contributed by atoms with E-state index in [-0.39, 0.29) is 11.3 Å². The molecule has 0 aromatic carbocycles. The SMILES string of the molecule is Cc1cc(N)c(C(=O)N(C)CC(F)(F)F)cn1. The lowest BCUT2D eigenvalue weighted by Gasteiger charge is -2.19. The van der Waals surface area contributed by atoms with Gasteiger partial charge < -0.3 is 10.6 Å². The molecule has 2 N–H and O–H groups in total. The topological polar surface area (TPSA) is 59.2 Å². The Bertz CT molecular complexity index is 431. The molecular weight excluding hydrogens is 235 g/mol. The van der Waals surface area contributed by atoms with Crippen molar-refractivity contribution in [3.8, 4) is 0 Å². The number of halogens is 3. The highest BCUT2D eigenvalue weighted by Crippen LogP contribution is 2.19. The molecule has 0 bridgehead atoms. The number of nitrogens with two attached hydrogens (primary N) is 1. The Morgan fingerprint density at radius 3 is 2.59 bits per heavy atom. The van der Waals surface area contributed by atoms with Crippen molar-refractivity contribution in [1.29, 1.82) is 0 Å². The Morgan fingerprint density at radius 2 is 2.12 bits per heavy atom. The third kappa shape index (κ3) is 3.61. The Morgan fingerprint density at radius 1 is 1.53 bits per heavy atom. The molecule has 0 saturated heterocycles. The summed E-state index contributed by atoms with van der Waals surface area (Å²) >= 11 is 0. The van der Waals surface area contributed by atoms with Crippen LogP contribution in [0.3, 0.4) is 0 Å². The smallest absolute Gasteiger partial charge is 0.398 e. The van der Waals surface area contributed by atoms with Crippen LogP contribution < -0.4 is 5.73 Å². The van der Waals surface area contributed by atoms with Crippen LogP contribution in [-0.2, 0) is 0 Å². The first-order valence-electron chi connectivity index (χ1n) is 4.75. The molecule has 1 rings (SSSR count). The highest BCUT2D eigenvalue weighted by atomic mass is 19.4. The molecule has 0 aliphatic rings. The molecule has 0 aliphatic carbocycles. The highest BCUT2D eigenvalue weighted by Gasteiger charge is 2.32. The van der Waals surface area contributed by atoms with E-state index in [0.717, 1.165) is 7.05 Å². The van der Waals surface area contributed by atoms with Crippen molar-refractivity contribution in [3.63, 3.8) is 0 Å². The number of anilines is 1. The first-order valence-corrected chi connectivity index (χ1v) is 4.75. The van der Waals surface area contributed by atoms with Gasteiger partial charge in [0.1, 0.15) is 6.54 Å². The maximum atomic E-state index is 12.1. The Kier molecular flexibility index (Phi) is 3.59. The van der Waals surface area contributed by atoms with Crippen molar-refractivity contribution in [2.75, 3.05) is 19.3 Å². The van der Waals surface area contributed by atoms with Crippen molar-refractivity contribution in [1.82, 2.24) is 9.88 Å². The van der Waals surface area contributed by atoms with Crippen molar-refractivity contribution in [3.05, 3.63) is 23.5 Å². The number of alkyl halides is 3. The Balaban J connectivity index is 2.89. The average Bonchev–Trinajstić information content (AvgIpc) is 2.14. The second-order valence-corrected chi connectivity index (χ2v) is 3.69. The predicted molar refractivity (Wildman–Crippen MR) is 56.4 cm³/mol. The zero-order valence-electron chi connectivity index (χ0n) is 9.38. The molecule has 94 valence electrons. The number of hydrogen-bond donors (Lipinski definition) is 1. The van der Waals surface area contributed by atoms with E-state index < -0.39 is 18.6 Å². The third-order valence-electron chi connectivity index (χ3n) is 2.07. The van der Waals surface area contributed by atoms with Crippen LogP contribution in [0.5, 0.6) is 0 Å². The fourth-order valence-electron chi connectivity index (χ4n) is 1.31. The second kappa shape index (κ2) is 4.60. The van der Waals surface area contributed by atoms with E-state index in [9.17, 15) is 18.0 Å². The normalized spacial score (nSPS) is 11.4. The minimum Gasteiger partial charge on any atom is -0.398 e. The lowest BCUT2D eigenvalue weighted by Crippen LogP contribution is -2.36. The maximum Gasteiger partial charge on any atom is 0.406 e. The van der Waals surface area contributed by atoms with E-state index in [1.54, 1.807) is 6.92 Å². The summed E-state index contributed by atoms with van der Waals surface area (Å²) in [6.07, 6.45) is -3.25. The number of pyridine rings is 1. The number of amides is 1. The molecule has 0 saturated carbocycles. The number of aryl methyl sites for hydroxylation is 1. The summed E-state index contributed by atoms with van der Waals surface area (Å²) in [7, 11) is 1.06. The number of carbonyl (C=O) groups is 1. The van der Waals surface area contributed by atoms with Crippen LogP contribution in [0.1, 0.15) is 16.1 Å². The number of nitrogens with zero attached hydrogens (tertiary/aromatic N) is 2. The molecule has 7 heteroatoms. The molecule has 0 unspecified atom stereocenters. The van der Waals surface area contributed by atoms with Crippen LogP contribution in [-0.4, -0.2) is 35.6 Å². The van der Waals surface area contributed by atoms with Gasteiger partial charge in [0.15, 0.2) is 0 Å². The standard InChI is InChI=1S/C10H12F3N3O/c1-6-3-8(14)7(4-15-6)9(17)16(2)5-10(11,12)13/h3-4H,5H2,1-2H3,(H2,14,15). The summed E-state index contributed by atoms with van der Waals surface area (Å²) in [6, 6.07) is 1.44. The van der Waals surface area contributed by atoms with Gasteiger partial charge in [-0.25, -0.2) is 0 Å². The molecule has 1 amide bonds. The summed E-state index contributed by atoms with van der Waals surface area (Å²) in [5.74, 6) is -0.799. The molecule has 0 spiro atoms. The van der Waals surface area contributed by atoms with E-state index >= 15 is 0 Å². The van der Waals surface area contributed by atoms with E-state index in [1.807, 2.05) is 0 Å². The van der Waals surface area contributed by atoms with Gasteiger partial charge in [-0.2, -0.15) is 13.2 Å². The van der Waals surface area contributed by atoms with Crippen LogP contribution in [0.25, 0.3) is 0 Å². The van der Waals surface area contributed by atoms with Crippen LogP contribution in [0.15, 0.2) is 12.3 Å². The Labute approximate surface area is 96.2 Å². The van der Waals surface area contributed by atoms with Gasteiger partial charge in [0.05, 0.1) is 5.56 Å². The van der Waals surface area contributed by atoms with E-state index in [4.69, 9.17) is 5.73 Å². The minimum absolute atomic E-state index is 0.0256. The van der Waals surface area contributed by atoms with Gasteiger partial charge in [-0.05, 0) is 13.0 Å². The summed E-state index contributed by atoms with van der Waals surface area (Å²) in [5, 5.41) is 0. The highest BCUT2D eigenvalue weighted by molar-refractivity contribution is 5.98. The third-order valence-corrected chi connectivity index (χ3v) is 2.07. The van der Waals surface area contributed by atoms with Crippen LogP contribution in [0.2, 0.25) is 0 Å². The van der Waals surface area contributed by atoms with Crippen molar-refractivity contribution >= 4 is 11.6 Å². The van der Waals surface area contributed by atoms with Crippen molar-refractivity contribution in [2.45, 2.75) is 13.1 Å². The zero-order valence-corrected chi connectivity index (χ0v) is 9.38. The quantitative estimate of drug-likeness (QED) is 0.863. The van der Waals surface area contributed by atoms with Gasteiger partial charge in [-0.3, -0.25) is 9.78 Å². The number of hydrogen-bond acceptors (Lipinski definition) is 3. The lowest BCUT2D eigenvalue weighted by atomic mass is 10.2. The van der Waals surface area contributed by atoms with Gasteiger partial charge in [0.2, 0.25) is 0 Å². The minimum atomic E-state index is -4.43. The number of rotatable bonds is 2. The van der Waals surface area contributed by atoms with Gasteiger partial charge in [0, 0.05) is 24.6 Å². The summed E-state index contributed by atoms with van der Waals surface area (Å²) < 4.78 is 36.3. The largest absolute Gasteiger partial charge is 0.406 e. The summed E-state index contributed by atoms with van der Waals surface area (Å²) in [4.78, 5) is 16.0. The maximum absolute atomic E-state index is 12.1. The van der Waals surface area contributed by atoms with Gasteiger partial charge in [-0.1, -0.05) is 0 Å². The molecule has 0 atom stereocenters. The van der Waals surface area contributed by atoms with Gasteiger partial charge in [0.25, 0.3) is 5.91 Å².